The summed E-state index contributed by atoms with van der Waals surface area (Å²) in [5, 5.41) is 21.0. The Labute approximate surface area is 159 Å². The third-order valence-corrected chi connectivity index (χ3v) is 4.34. The summed E-state index contributed by atoms with van der Waals surface area (Å²) in [7, 11) is 0. The van der Waals surface area contributed by atoms with Crippen molar-refractivity contribution >= 4 is 11.6 Å². The standard InChI is InChI=1S/C20H17N3O5/c21-19(25)18-17(24)12-16(7-6-13-4-2-1-3-5-13)22(20(18)26)14-8-10-15(11-9-14)23(27)28/h1-5,8-12,24H,6-7H2,(H2,21,25). The van der Waals surface area contributed by atoms with E-state index in [1.807, 2.05) is 30.3 Å². The normalized spacial score (nSPS) is 10.6. The summed E-state index contributed by atoms with van der Waals surface area (Å²) in [5.74, 6) is -1.54. The molecule has 8 nitrogen and oxygen atoms in total. The Morgan fingerprint density at radius 3 is 2.29 bits per heavy atom. The maximum absolute atomic E-state index is 12.9. The summed E-state index contributed by atoms with van der Waals surface area (Å²) in [4.78, 5) is 34.8. The van der Waals surface area contributed by atoms with Gasteiger partial charge in [-0.1, -0.05) is 30.3 Å². The smallest absolute Gasteiger partial charge is 0.271 e. The Morgan fingerprint density at radius 1 is 1.07 bits per heavy atom. The van der Waals surface area contributed by atoms with Crippen molar-refractivity contribution in [2.45, 2.75) is 12.8 Å². The lowest BCUT2D eigenvalue weighted by Gasteiger charge is -2.15. The number of aromatic hydroxyl groups is 1. The maximum Gasteiger partial charge on any atom is 0.271 e. The third kappa shape index (κ3) is 3.75. The predicted octanol–water partition coefficient (Wildman–Crippen LogP) is 2.34. The van der Waals surface area contributed by atoms with Crippen LogP contribution < -0.4 is 11.3 Å². The molecule has 142 valence electrons. The molecule has 1 amide bonds. The highest BCUT2D eigenvalue weighted by Gasteiger charge is 2.20. The maximum atomic E-state index is 12.9. The van der Waals surface area contributed by atoms with Gasteiger partial charge in [0.15, 0.2) is 0 Å². The highest BCUT2D eigenvalue weighted by atomic mass is 16.6. The number of hydrogen-bond acceptors (Lipinski definition) is 5. The molecule has 3 aromatic rings. The number of nitro benzene ring substituents is 1. The predicted molar refractivity (Wildman–Crippen MR) is 103 cm³/mol. The molecule has 3 N–H and O–H groups in total. The van der Waals surface area contributed by atoms with E-state index in [0.29, 0.717) is 24.2 Å². The molecule has 0 radical (unpaired) electrons. The fourth-order valence-corrected chi connectivity index (χ4v) is 2.99. The van der Waals surface area contributed by atoms with Crippen molar-refractivity contribution in [2.24, 2.45) is 5.73 Å². The van der Waals surface area contributed by atoms with Crippen molar-refractivity contribution in [1.29, 1.82) is 0 Å². The van der Waals surface area contributed by atoms with Crippen LogP contribution in [0.15, 0.2) is 65.5 Å². The second kappa shape index (κ2) is 7.75. The number of carbonyl (C=O) groups is 1. The first kappa shape index (κ1) is 18.8. The summed E-state index contributed by atoms with van der Waals surface area (Å²) in [6.45, 7) is 0. The van der Waals surface area contributed by atoms with E-state index in [1.54, 1.807) is 0 Å². The van der Waals surface area contributed by atoms with Crippen LogP contribution in [0.2, 0.25) is 0 Å². The topological polar surface area (TPSA) is 128 Å². The van der Waals surface area contributed by atoms with Crippen molar-refractivity contribution in [3.05, 3.63) is 98.0 Å². The number of nitro groups is 1. The number of aryl methyl sites for hydroxylation is 2. The summed E-state index contributed by atoms with van der Waals surface area (Å²) in [5.41, 5.74) is 5.63. The minimum absolute atomic E-state index is 0.128. The van der Waals surface area contributed by atoms with Gasteiger partial charge in [-0.05, 0) is 30.5 Å². The Balaban J connectivity index is 2.11. The third-order valence-electron chi connectivity index (χ3n) is 4.34. The highest BCUT2D eigenvalue weighted by molar-refractivity contribution is 5.95. The fourth-order valence-electron chi connectivity index (χ4n) is 2.99. The largest absolute Gasteiger partial charge is 0.507 e. The number of rotatable bonds is 6. The zero-order valence-corrected chi connectivity index (χ0v) is 14.7. The van der Waals surface area contributed by atoms with Gasteiger partial charge in [0.25, 0.3) is 17.2 Å². The average Bonchev–Trinajstić information content (AvgIpc) is 2.67. The molecule has 1 heterocycles. The summed E-state index contributed by atoms with van der Waals surface area (Å²) >= 11 is 0. The van der Waals surface area contributed by atoms with Crippen molar-refractivity contribution in [1.82, 2.24) is 4.57 Å². The molecule has 0 aliphatic carbocycles. The second-order valence-electron chi connectivity index (χ2n) is 6.16. The van der Waals surface area contributed by atoms with Gasteiger partial charge in [0.05, 0.1) is 4.92 Å². The van der Waals surface area contributed by atoms with Gasteiger partial charge in [-0.25, -0.2) is 0 Å². The number of non-ortho nitro benzene ring substituents is 1. The molecule has 0 bridgehead atoms. The first-order valence-electron chi connectivity index (χ1n) is 8.45. The van der Waals surface area contributed by atoms with Crippen molar-refractivity contribution < 1.29 is 14.8 Å². The fraction of sp³-hybridized carbons (Fsp3) is 0.100. The lowest BCUT2D eigenvalue weighted by molar-refractivity contribution is -0.384. The molecule has 0 aliphatic heterocycles. The zero-order valence-electron chi connectivity index (χ0n) is 14.7. The van der Waals surface area contributed by atoms with E-state index in [9.17, 15) is 24.8 Å². The molecule has 28 heavy (non-hydrogen) atoms. The zero-order chi connectivity index (χ0) is 20.3. The lowest BCUT2D eigenvalue weighted by atomic mass is 10.1. The Morgan fingerprint density at radius 2 is 1.71 bits per heavy atom. The molecular weight excluding hydrogens is 362 g/mol. The Bertz CT molecular complexity index is 1090. The molecule has 0 atom stereocenters. The van der Waals surface area contributed by atoms with Crippen LogP contribution in [0.25, 0.3) is 5.69 Å². The van der Waals surface area contributed by atoms with E-state index in [4.69, 9.17) is 5.73 Å². The number of nitrogens with two attached hydrogens (primary N) is 1. The van der Waals surface area contributed by atoms with Crippen LogP contribution in [0, 0.1) is 10.1 Å². The summed E-state index contributed by atoms with van der Waals surface area (Å²) in [6.07, 6.45) is 0.978. The number of amides is 1. The first-order valence-corrected chi connectivity index (χ1v) is 8.45. The molecule has 2 aromatic carbocycles. The quantitative estimate of drug-likeness (QED) is 0.502. The van der Waals surface area contributed by atoms with E-state index in [1.165, 1.54) is 34.9 Å². The van der Waals surface area contributed by atoms with E-state index in [0.717, 1.165) is 5.56 Å². The monoisotopic (exact) mass is 379 g/mol. The number of nitrogens with zero attached hydrogens (tertiary/aromatic N) is 2. The van der Waals surface area contributed by atoms with Crippen LogP contribution in [0.1, 0.15) is 21.6 Å². The van der Waals surface area contributed by atoms with Crippen LogP contribution in [0.4, 0.5) is 5.69 Å². The van der Waals surface area contributed by atoms with Crippen molar-refractivity contribution in [3.8, 4) is 11.4 Å². The molecule has 3 rings (SSSR count). The lowest BCUT2D eigenvalue weighted by Crippen LogP contribution is -2.31. The molecular formula is C20H17N3O5. The van der Waals surface area contributed by atoms with Gasteiger partial charge in [-0.15, -0.1) is 0 Å². The van der Waals surface area contributed by atoms with Gasteiger partial charge in [-0.2, -0.15) is 0 Å². The molecule has 8 heteroatoms. The van der Waals surface area contributed by atoms with Crippen LogP contribution in [-0.4, -0.2) is 20.5 Å². The number of benzene rings is 2. The van der Waals surface area contributed by atoms with Gasteiger partial charge in [-0.3, -0.25) is 24.3 Å². The Hall–Kier alpha value is -3.94. The number of pyridine rings is 1. The Kier molecular flexibility index (Phi) is 5.21. The number of aromatic nitrogens is 1. The number of carbonyl (C=O) groups excluding carboxylic acids is 1. The van der Waals surface area contributed by atoms with Crippen LogP contribution in [0.5, 0.6) is 5.75 Å². The van der Waals surface area contributed by atoms with Gasteiger partial charge in [0.1, 0.15) is 11.3 Å². The SMILES string of the molecule is NC(=O)c1c(O)cc(CCc2ccccc2)n(-c2ccc([N+](=O)[O-])cc2)c1=O. The van der Waals surface area contributed by atoms with Crippen LogP contribution >= 0.6 is 0 Å². The molecule has 0 fully saturated rings. The van der Waals surface area contributed by atoms with Crippen LogP contribution in [-0.2, 0) is 12.8 Å². The number of hydrogen-bond donors (Lipinski definition) is 2. The molecule has 0 aliphatic rings. The molecule has 0 spiro atoms. The molecule has 0 unspecified atom stereocenters. The summed E-state index contributed by atoms with van der Waals surface area (Å²) in [6, 6.07) is 16.2. The van der Waals surface area contributed by atoms with E-state index < -0.39 is 27.7 Å². The first-order chi connectivity index (χ1) is 13.4. The van der Waals surface area contributed by atoms with Gasteiger partial charge in [0, 0.05) is 29.6 Å². The van der Waals surface area contributed by atoms with E-state index >= 15 is 0 Å². The molecule has 0 saturated heterocycles. The van der Waals surface area contributed by atoms with Gasteiger partial charge < -0.3 is 10.8 Å². The minimum Gasteiger partial charge on any atom is -0.507 e. The van der Waals surface area contributed by atoms with E-state index in [2.05, 4.69) is 0 Å². The minimum atomic E-state index is -1.05. The summed E-state index contributed by atoms with van der Waals surface area (Å²) < 4.78 is 1.24. The highest BCUT2D eigenvalue weighted by Crippen LogP contribution is 2.21. The van der Waals surface area contributed by atoms with Gasteiger partial charge >= 0.3 is 0 Å². The van der Waals surface area contributed by atoms with Crippen molar-refractivity contribution in [3.63, 3.8) is 0 Å². The second-order valence-corrected chi connectivity index (χ2v) is 6.16. The molecule has 1 aromatic heterocycles. The van der Waals surface area contributed by atoms with Crippen LogP contribution in [0.3, 0.4) is 0 Å². The molecule has 0 saturated carbocycles. The van der Waals surface area contributed by atoms with Gasteiger partial charge in [0.2, 0.25) is 0 Å². The average molecular weight is 379 g/mol. The number of primary amides is 1. The van der Waals surface area contributed by atoms with Crippen molar-refractivity contribution in [2.75, 3.05) is 0 Å². The van der Waals surface area contributed by atoms with E-state index in [-0.39, 0.29) is 5.69 Å².